The Balaban J connectivity index is 1.82. The molecule has 0 aromatic heterocycles. The number of ether oxygens (including phenoxy) is 2. The third-order valence-electron chi connectivity index (χ3n) is 5.78. The van der Waals surface area contributed by atoms with Gasteiger partial charge < -0.3 is 14.8 Å². The first-order chi connectivity index (χ1) is 16.0. The van der Waals surface area contributed by atoms with E-state index >= 15 is 4.39 Å². The second kappa shape index (κ2) is 12.5. The first-order valence-electron chi connectivity index (χ1n) is 11.5. The van der Waals surface area contributed by atoms with Crippen LogP contribution < -0.4 is 5.32 Å². The molecule has 7 heteroatoms. The number of benzene rings is 2. The zero-order valence-corrected chi connectivity index (χ0v) is 19.3. The number of halogens is 1. The Labute approximate surface area is 195 Å². The molecular weight excluding hydrogens is 423 g/mol. The number of piperidine rings is 1. The minimum atomic E-state index is -1.53. The molecule has 1 N–H and O–H groups in total. The van der Waals surface area contributed by atoms with Gasteiger partial charge in [0, 0.05) is 26.6 Å². The van der Waals surface area contributed by atoms with Crippen LogP contribution in [0.4, 0.5) is 4.39 Å². The number of likely N-dealkylation sites (tertiary alicyclic amines) is 1. The Morgan fingerprint density at radius 1 is 1.09 bits per heavy atom. The fourth-order valence-corrected chi connectivity index (χ4v) is 4.08. The number of nitrogens with zero attached hydrogens (tertiary/aromatic N) is 1. The van der Waals surface area contributed by atoms with Crippen LogP contribution in [0, 0.1) is 0 Å². The van der Waals surface area contributed by atoms with Gasteiger partial charge in [-0.15, -0.1) is 0 Å². The Bertz CT molecular complexity index is 880. The smallest absolute Gasteiger partial charge is 0.338 e. The number of unbranched alkanes of at least 4 members (excludes halogenated alkanes) is 1. The van der Waals surface area contributed by atoms with E-state index in [0.717, 1.165) is 18.4 Å². The Hall–Kier alpha value is -2.77. The second-order valence-corrected chi connectivity index (χ2v) is 8.40. The minimum absolute atomic E-state index is 0.181. The molecule has 1 fully saturated rings. The molecule has 0 aliphatic carbocycles. The molecule has 0 bridgehead atoms. The highest BCUT2D eigenvalue weighted by Gasteiger charge is 2.47. The van der Waals surface area contributed by atoms with Gasteiger partial charge in [0.05, 0.1) is 24.3 Å². The lowest BCUT2D eigenvalue weighted by molar-refractivity contribution is -0.125. The van der Waals surface area contributed by atoms with Gasteiger partial charge in [-0.25, -0.2) is 9.18 Å². The molecule has 1 saturated heterocycles. The summed E-state index contributed by atoms with van der Waals surface area (Å²) in [6.45, 7) is 5.01. The van der Waals surface area contributed by atoms with Gasteiger partial charge in [0.1, 0.15) is 0 Å². The predicted octanol–water partition coefficient (Wildman–Crippen LogP) is 3.76. The van der Waals surface area contributed by atoms with E-state index in [1.165, 1.54) is 6.92 Å². The molecule has 1 aliphatic heterocycles. The van der Waals surface area contributed by atoms with Gasteiger partial charge in [-0.2, -0.15) is 0 Å². The van der Waals surface area contributed by atoms with E-state index in [4.69, 9.17) is 9.47 Å². The number of rotatable bonds is 10. The number of nitrogens with one attached hydrogen (secondary N) is 1. The standard InChI is InChI=1S/C26H33FN2O4/c1-3-4-15-32-18-23-24(27)25(33-26(31)21-13-9-6-10-14-21)22(28-19(2)30)17-29(23)16-20-11-7-5-8-12-20/h5-14,22-25H,3-4,15-18H2,1-2H3,(H,28,30)/t22-,23+,24-,25+/m0/s1. The highest BCUT2D eigenvalue weighted by molar-refractivity contribution is 5.89. The van der Waals surface area contributed by atoms with Crippen LogP contribution in [-0.4, -0.2) is 60.9 Å². The molecule has 1 amide bonds. The van der Waals surface area contributed by atoms with Gasteiger partial charge in [0.2, 0.25) is 5.91 Å². The molecular formula is C26H33FN2O4. The third-order valence-corrected chi connectivity index (χ3v) is 5.78. The monoisotopic (exact) mass is 456 g/mol. The van der Waals surface area contributed by atoms with Crippen molar-refractivity contribution >= 4 is 11.9 Å². The number of esters is 1. The van der Waals surface area contributed by atoms with E-state index in [1.54, 1.807) is 30.3 Å². The van der Waals surface area contributed by atoms with Crippen molar-refractivity contribution in [3.05, 3.63) is 71.8 Å². The molecule has 178 valence electrons. The van der Waals surface area contributed by atoms with Crippen molar-refractivity contribution in [3.8, 4) is 0 Å². The average molecular weight is 457 g/mol. The highest BCUT2D eigenvalue weighted by Crippen LogP contribution is 2.27. The number of carbonyl (C=O) groups excluding carboxylic acids is 2. The lowest BCUT2D eigenvalue weighted by Gasteiger charge is -2.45. The third kappa shape index (κ3) is 7.11. The molecule has 33 heavy (non-hydrogen) atoms. The predicted molar refractivity (Wildman–Crippen MR) is 125 cm³/mol. The van der Waals surface area contributed by atoms with E-state index in [2.05, 4.69) is 12.2 Å². The van der Waals surface area contributed by atoms with Gasteiger partial charge in [-0.3, -0.25) is 9.69 Å². The second-order valence-electron chi connectivity index (χ2n) is 8.40. The number of alkyl halides is 1. The van der Waals surface area contributed by atoms with Crippen molar-refractivity contribution in [1.82, 2.24) is 10.2 Å². The van der Waals surface area contributed by atoms with Gasteiger partial charge >= 0.3 is 5.97 Å². The molecule has 4 atom stereocenters. The zero-order valence-electron chi connectivity index (χ0n) is 19.3. The van der Waals surface area contributed by atoms with Crippen molar-refractivity contribution < 1.29 is 23.5 Å². The summed E-state index contributed by atoms with van der Waals surface area (Å²) in [6, 6.07) is 17.0. The summed E-state index contributed by atoms with van der Waals surface area (Å²) < 4.78 is 27.4. The number of hydrogen-bond donors (Lipinski definition) is 1. The van der Waals surface area contributed by atoms with E-state index in [9.17, 15) is 9.59 Å². The van der Waals surface area contributed by atoms with Crippen LogP contribution in [0.5, 0.6) is 0 Å². The van der Waals surface area contributed by atoms with E-state index < -0.39 is 30.3 Å². The molecule has 1 aliphatic rings. The Morgan fingerprint density at radius 2 is 1.76 bits per heavy atom. The van der Waals surface area contributed by atoms with Crippen LogP contribution in [0.3, 0.4) is 0 Å². The first-order valence-corrected chi connectivity index (χ1v) is 11.5. The number of amides is 1. The topological polar surface area (TPSA) is 67.9 Å². The molecule has 1 heterocycles. The van der Waals surface area contributed by atoms with E-state index in [-0.39, 0.29) is 12.5 Å². The summed E-state index contributed by atoms with van der Waals surface area (Å²) in [5.74, 6) is -0.911. The van der Waals surface area contributed by atoms with Gasteiger partial charge in [0.25, 0.3) is 0 Å². The summed E-state index contributed by atoms with van der Waals surface area (Å²) in [5, 5.41) is 2.79. The lowest BCUT2D eigenvalue weighted by atomic mass is 9.92. The lowest BCUT2D eigenvalue weighted by Crippen LogP contribution is -2.66. The maximum absolute atomic E-state index is 16.0. The quantitative estimate of drug-likeness (QED) is 0.436. The minimum Gasteiger partial charge on any atom is -0.453 e. The molecule has 3 rings (SSSR count). The summed E-state index contributed by atoms with van der Waals surface area (Å²) in [6.07, 6.45) is -0.773. The maximum Gasteiger partial charge on any atom is 0.338 e. The van der Waals surface area contributed by atoms with Crippen LogP contribution in [0.2, 0.25) is 0 Å². The van der Waals surface area contributed by atoms with Crippen LogP contribution in [0.1, 0.15) is 42.6 Å². The van der Waals surface area contributed by atoms with E-state index in [1.807, 2.05) is 35.2 Å². The summed E-state index contributed by atoms with van der Waals surface area (Å²) in [4.78, 5) is 26.6. The largest absolute Gasteiger partial charge is 0.453 e. The summed E-state index contributed by atoms with van der Waals surface area (Å²) in [7, 11) is 0. The fraction of sp³-hybridized carbons (Fsp3) is 0.462. The van der Waals surface area contributed by atoms with Gasteiger partial charge in [-0.1, -0.05) is 61.9 Å². The van der Waals surface area contributed by atoms with Gasteiger partial charge in [0.15, 0.2) is 12.3 Å². The molecule has 0 unspecified atom stereocenters. The van der Waals surface area contributed by atoms with Crippen LogP contribution in [0.15, 0.2) is 60.7 Å². The molecule has 2 aromatic carbocycles. The van der Waals surface area contributed by atoms with E-state index in [0.29, 0.717) is 25.3 Å². The molecule has 0 spiro atoms. The normalized spacial score (nSPS) is 23.1. The zero-order chi connectivity index (χ0) is 23.6. The van der Waals surface area contributed by atoms with Crippen molar-refractivity contribution in [2.45, 2.75) is 57.6 Å². The van der Waals surface area contributed by atoms with Crippen LogP contribution >= 0.6 is 0 Å². The number of carbonyl (C=O) groups is 2. The van der Waals surface area contributed by atoms with Crippen molar-refractivity contribution in [1.29, 1.82) is 0 Å². The first kappa shape index (κ1) is 24.9. The van der Waals surface area contributed by atoms with Gasteiger partial charge in [-0.05, 0) is 24.1 Å². The van der Waals surface area contributed by atoms with Crippen molar-refractivity contribution in [2.24, 2.45) is 0 Å². The molecule has 0 saturated carbocycles. The molecule has 6 nitrogen and oxygen atoms in total. The summed E-state index contributed by atoms with van der Waals surface area (Å²) >= 11 is 0. The fourth-order valence-electron chi connectivity index (χ4n) is 4.08. The van der Waals surface area contributed by atoms with Crippen LogP contribution in [0.25, 0.3) is 0 Å². The average Bonchev–Trinajstić information content (AvgIpc) is 2.81. The Morgan fingerprint density at radius 3 is 2.39 bits per heavy atom. The maximum atomic E-state index is 16.0. The summed E-state index contributed by atoms with van der Waals surface area (Å²) in [5.41, 5.74) is 1.37. The van der Waals surface area contributed by atoms with Crippen molar-refractivity contribution in [3.63, 3.8) is 0 Å². The molecule has 2 aromatic rings. The van der Waals surface area contributed by atoms with Crippen molar-refractivity contribution in [2.75, 3.05) is 19.8 Å². The number of hydrogen-bond acceptors (Lipinski definition) is 5. The SMILES string of the molecule is CCCCOC[C@@H]1[C@H](F)[C@H](OC(=O)c2ccccc2)[C@@H](NC(C)=O)CN1Cc1ccccc1. The molecule has 0 radical (unpaired) electrons. The van der Waals surface area contributed by atoms with Crippen LogP contribution in [-0.2, 0) is 20.8 Å². The highest BCUT2D eigenvalue weighted by atomic mass is 19.1. The Kier molecular flexibility index (Phi) is 9.39.